The number of pyridine rings is 2. The zero-order valence-corrected chi connectivity index (χ0v) is 9.07. The summed E-state index contributed by atoms with van der Waals surface area (Å²) >= 11 is 0. The fraction of sp³-hybridized carbons (Fsp3) is 0.333. The standard InChI is InChI=1S/C12H15N3/c1-12(2,13)5-10-7-15-6-9-3-4-14-8-11(9)10/h3-4,6-8H,5,13H2,1-2H3. The van der Waals surface area contributed by atoms with Crippen LogP contribution in [0.15, 0.2) is 30.9 Å². The SMILES string of the molecule is CC(C)(N)Cc1cncc2ccncc12. The molecule has 0 spiro atoms. The average molecular weight is 201 g/mol. The van der Waals surface area contributed by atoms with Crippen molar-refractivity contribution in [3.63, 3.8) is 0 Å². The largest absolute Gasteiger partial charge is 0.325 e. The molecule has 2 N–H and O–H groups in total. The third kappa shape index (κ3) is 2.30. The molecule has 15 heavy (non-hydrogen) atoms. The van der Waals surface area contributed by atoms with E-state index in [0.717, 1.165) is 22.8 Å². The van der Waals surface area contributed by atoms with Gasteiger partial charge in [-0.15, -0.1) is 0 Å². The molecule has 0 saturated carbocycles. The minimum absolute atomic E-state index is 0.216. The minimum atomic E-state index is -0.216. The van der Waals surface area contributed by atoms with Gasteiger partial charge in [-0.25, -0.2) is 0 Å². The third-order valence-electron chi connectivity index (χ3n) is 2.29. The first-order valence-corrected chi connectivity index (χ1v) is 5.02. The molecule has 0 unspecified atom stereocenters. The van der Waals surface area contributed by atoms with E-state index < -0.39 is 0 Å². The third-order valence-corrected chi connectivity index (χ3v) is 2.29. The predicted octanol–water partition coefficient (Wildman–Crippen LogP) is 1.91. The van der Waals surface area contributed by atoms with Crippen molar-refractivity contribution in [3.8, 4) is 0 Å². The Labute approximate surface area is 89.4 Å². The van der Waals surface area contributed by atoms with Crippen molar-refractivity contribution in [1.29, 1.82) is 0 Å². The van der Waals surface area contributed by atoms with Gasteiger partial charge in [-0.3, -0.25) is 9.97 Å². The molecule has 0 aliphatic heterocycles. The van der Waals surface area contributed by atoms with Crippen LogP contribution in [0.1, 0.15) is 19.4 Å². The van der Waals surface area contributed by atoms with Crippen LogP contribution in [-0.4, -0.2) is 15.5 Å². The molecule has 3 heteroatoms. The summed E-state index contributed by atoms with van der Waals surface area (Å²) in [5, 5.41) is 2.26. The second kappa shape index (κ2) is 3.59. The van der Waals surface area contributed by atoms with Gasteiger partial charge in [-0.1, -0.05) is 0 Å². The van der Waals surface area contributed by atoms with Crippen LogP contribution in [0, 0.1) is 0 Å². The molecule has 0 saturated heterocycles. The molecule has 2 aromatic heterocycles. The molecule has 0 fully saturated rings. The van der Waals surface area contributed by atoms with Crippen LogP contribution >= 0.6 is 0 Å². The maximum atomic E-state index is 6.01. The summed E-state index contributed by atoms with van der Waals surface area (Å²) in [7, 11) is 0. The number of nitrogens with two attached hydrogens (primary N) is 1. The lowest BCUT2D eigenvalue weighted by Gasteiger charge is -2.18. The van der Waals surface area contributed by atoms with Crippen molar-refractivity contribution in [1.82, 2.24) is 9.97 Å². The van der Waals surface area contributed by atoms with Gasteiger partial charge in [-0.2, -0.15) is 0 Å². The Morgan fingerprint density at radius 3 is 2.73 bits per heavy atom. The number of fused-ring (bicyclic) bond motifs is 1. The molecule has 0 amide bonds. The molecule has 0 aliphatic rings. The molecule has 0 atom stereocenters. The van der Waals surface area contributed by atoms with Crippen LogP contribution < -0.4 is 5.73 Å². The molecule has 0 radical (unpaired) electrons. The van der Waals surface area contributed by atoms with Gasteiger partial charge < -0.3 is 5.73 Å². The Bertz CT molecular complexity index is 466. The first-order valence-electron chi connectivity index (χ1n) is 5.02. The maximum absolute atomic E-state index is 6.01. The van der Waals surface area contributed by atoms with E-state index in [-0.39, 0.29) is 5.54 Å². The monoisotopic (exact) mass is 201 g/mol. The van der Waals surface area contributed by atoms with Gasteiger partial charge in [0.2, 0.25) is 0 Å². The molecule has 2 heterocycles. The number of aromatic nitrogens is 2. The topological polar surface area (TPSA) is 51.8 Å². The fourth-order valence-corrected chi connectivity index (χ4v) is 1.69. The molecule has 0 bridgehead atoms. The lowest BCUT2D eigenvalue weighted by Crippen LogP contribution is -2.34. The van der Waals surface area contributed by atoms with Crippen LogP contribution in [0.25, 0.3) is 10.8 Å². The molecule has 0 aliphatic carbocycles. The minimum Gasteiger partial charge on any atom is -0.325 e. The average Bonchev–Trinajstić information content (AvgIpc) is 2.16. The second-order valence-electron chi connectivity index (χ2n) is 4.56. The molecule has 2 aromatic rings. The Kier molecular flexibility index (Phi) is 2.40. The highest BCUT2D eigenvalue weighted by Gasteiger charge is 2.13. The van der Waals surface area contributed by atoms with Crippen molar-refractivity contribution in [3.05, 3.63) is 36.4 Å². The van der Waals surface area contributed by atoms with E-state index in [1.165, 1.54) is 0 Å². The summed E-state index contributed by atoms with van der Waals surface area (Å²) in [4.78, 5) is 8.35. The Morgan fingerprint density at radius 2 is 2.00 bits per heavy atom. The highest BCUT2D eigenvalue weighted by molar-refractivity contribution is 5.83. The molecular weight excluding hydrogens is 186 g/mol. The summed E-state index contributed by atoms with van der Waals surface area (Å²) in [6.07, 6.45) is 8.19. The summed E-state index contributed by atoms with van der Waals surface area (Å²) in [5.41, 5.74) is 6.95. The summed E-state index contributed by atoms with van der Waals surface area (Å²) in [6, 6.07) is 1.97. The van der Waals surface area contributed by atoms with Crippen LogP contribution in [-0.2, 0) is 6.42 Å². The van der Waals surface area contributed by atoms with Gasteiger partial charge in [0.15, 0.2) is 0 Å². The van der Waals surface area contributed by atoms with E-state index in [1.54, 1.807) is 6.20 Å². The first kappa shape index (κ1) is 10.1. The lowest BCUT2D eigenvalue weighted by molar-refractivity contribution is 0.518. The second-order valence-corrected chi connectivity index (χ2v) is 4.56. The van der Waals surface area contributed by atoms with Gasteiger partial charge in [0.05, 0.1) is 0 Å². The van der Waals surface area contributed by atoms with E-state index in [2.05, 4.69) is 9.97 Å². The van der Waals surface area contributed by atoms with Crippen LogP contribution in [0.5, 0.6) is 0 Å². The van der Waals surface area contributed by atoms with Crippen molar-refractivity contribution in [2.75, 3.05) is 0 Å². The molecule has 2 rings (SSSR count). The lowest BCUT2D eigenvalue weighted by atomic mass is 9.95. The highest BCUT2D eigenvalue weighted by Crippen LogP contribution is 2.19. The Balaban J connectivity index is 2.52. The van der Waals surface area contributed by atoms with E-state index in [4.69, 9.17) is 5.73 Å². The van der Waals surface area contributed by atoms with Crippen molar-refractivity contribution < 1.29 is 0 Å². The van der Waals surface area contributed by atoms with Gasteiger partial charge in [0, 0.05) is 41.1 Å². The maximum Gasteiger partial charge on any atom is 0.0350 e. The van der Waals surface area contributed by atoms with Crippen LogP contribution in [0.2, 0.25) is 0 Å². The summed E-state index contributed by atoms with van der Waals surface area (Å²) < 4.78 is 0. The zero-order valence-electron chi connectivity index (χ0n) is 9.07. The van der Waals surface area contributed by atoms with Crippen molar-refractivity contribution >= 4 is 10.8 Å². The summed E-state index contributed by atoms with van der Waals surface area (Å²) in [6.45, 7) is 4.03. The van der Waals surface area contributed by atoms with Gasteiger partial charge in [0.1, 0.15) is 0 Å². The first-order chi connectivity index (χ1) is 7.06. The molecule has 78 valence electrons. The molecular formula is C12H15N3. The van der Waals surface area contributed by atoms with Gasteiger partial charge in [0.25, 0.3) is 0 Å². The molecule has 3 nitrogen and oxygen atoms in total. The number of rotatable bonds is 2. The highest BCUT2D eigenvalue weighted by atomic mass is 14.7. The summed E-state index contributed by atoms with van der Waals surface area (Å²) in [5.74, 6) is 0. The van der Waals surface area contributed by atoms with E-state index in [0.29, 0.717) is 0 Å². The Hall–Kier alpha value is -1.48. The van der Waals surface area contributed by atoms with Crippen molar-refractivity contribution in [2.24, 2.45) is 5.73 Å². The zero-order chi connectivity index (χ0) is 10.9. The normalized spacial score (nSPS) is 11.9. The van der Waals surface area contributed by atoms with E-state index >= 15 is 0 Å². The van der Waals surface area contributed by atoms with Crippen LogP contribution in [0.4, 0.5) is 0 Å². The quantitative estimate of drug-likeness (QED) is 0.807. The van der Waals surface area contributed by atoms with Crippen LogP contribution in [0.3, 0.4) is 0 Å². The smallest absolute Gasteiger partial charge is 0.0350 e. The van der Waals surface area contributed by atoms with E-state index in [1.807, 2.05) is 38.5 Å². The molecule has 0 aromatic carbocycles. The fourth-order valence-electron chi connectivity index (χ4n) is 1.69. The van der Waals surface area contributed by atoms with Gasteiger partial charge >= 0.3 is 0 Å². The van der Waals surface area contributed by atoms with Gasteiger partial charge in [-0.05, 0) is 31.9 Å². The number of hydrogen-bond acceptors (Lipinski definition) is 3. The Morgan fingerprint density at radius 1 is 1.20 bits per heavy atom. The van der Waals surface area contributed by atoms with Crippen molar-refractivity contribution in [2.45, 2.75) is 25.8 Å². The number of nitrogens with zero attached hydrogens (tertiary/aromatic N) is 2. The number of hydrogen-bond donors (Lipinski definition) is 1. The predicted molar refractivity (Wildman–Crippen MR) is 61.5 cm³/mol. The van der Waals surface area contributed by atoms with E-state index in [9.17, 15) is 0 Å².